The molecule has 1 N–H and O–H groups in total. The summed E-state index contributed by atoms with van der Waals surface area (Å²) in [6.07, 6.45) is 1.62. The predicted molar refractivity (Wildman–Crippen MR) is 151 cm³/mol. The van der Waals surface area contributed by atoms with Crippen LogP contribution < -0.4 is 14.8 Å². The fourth-order valence-electron chi connectivity index (χ4n) is 3.67. The Morgan fingerprint density at radius 2 is 1.82 bits per heavy atom. The number of amides is 3. The van der Waals surface area contributed by atoms with Crippen molar-refractivity contribution in [2.45, 2.75) is 20.4 Å². The molecule has 7 nitrogen and oxygen atoms in total. The standard InChI is InChI=1S/C28H24Cl2N2O5S/c1-3-36-24-13-18(8-10-23(24)37-16-26(33)31-20-6-4-5-17(2)11-20)14-25-27(34)32(28(35)38-25)15-19-7-9-21(29)22(30)12-19/h4-14H,3,15-16H2,1-2H3,(H,31,33)/b25-14+. The van der Waals surface area contributed by atoms with Crippen LogP contribution in [0.3, 0.4) is 0 Å². The Balaban J connectivity index is 1.44. The first-order valence-electron chi connectivity index (χ1n) is 11.7. The number of nitrogens with one attached hydrogen (secondary N) is 1. The van der Waals surface area contributed by atoms with Gasteiger partial charge in [0.15, 0.2) is 18.1 Å². The van der Waals surface area contributed by atoms with Crippen molar-refractivity contribution < 1.29 is 23.9 Å². The quantitative estimate of drug-likeness (QED) is 0.280. The molecular weight excluding hydrogens is 547 g/mol. The molecule has 0 saturated carbocycles. The van der Waals surface area contributed by atoms with E-state index in [2.05, 4.69) is 5.32 Å². The number of hydrogen-bond acceptors (Lipinski definition) is 6. The number of nitrogens with zero attached hydrogens (tertiary/aromatic N) is 1. The van der Waals surface area contributed by atoms with E-state index >= 15 is 0 Å². The molecule has 0 spiro atoms. The predicted octanol–water partition coefficient (Wildman–Crippen LogP) is 6.95. The van der Waals surface area contributed by atoms with E-state index in [9.17, 15) is 14.4 Å². The highest BCUT2D eigenvalue weighted by Gasteiger charge is 2.35. The van der Waals surface area contributed by atoms with Gasteiger partial charge in [-0.15, -0.1) is 0 Å². The van der Waals surface area contributed by atoms with Crippen LogP contribution in [0.2, 0.25) is 10.0 Å². The van der Waals surface area contributed by atoms with Crippen molar-refractivity contribution in [1.29, 1.82) is 0 Å². The molecule has 1 saturated heterocycles. The van der Waals surface area contributed by atoms with Gasteiger partial charge in [0.05, 0.1) is 28.1 Å². The van der Waals surface area contributed by atoms with E-state index in [4.69, 9.17) is 32.7 Å². The number of halogens is 2. The van der Waals surface area contributed by atoms with Gasteiger partial charge in [-0.3, -0.25) is 19.3 Å². The molecule has 1 aliphatic rings. The molecule has 4 rings (SSSR count). The number of carbonyl (C=O) groups excluding carboxylic acids is 3. The second-order valence-corrected chi connectivity index (χ2v) is 10.2. The number of rotatable bonds is 9. The molecular formula is C28H24Cl2N2O5S. The molecule has 3 amide bonds. The molecule has 0 radical (unpaired) electrons. The second kappa shape index (κ2) is 12.4. The van der Waals surface area contributed by atoms with Crippen LogP contribution in [-0.4, -0.2) is 35.2 Å². The van der Waals surface area contributed by atoms with E-state index in [1.54, 1.807) is 48.5 Å². The summed E-state index contributed by atoms with van der Waals surface area (Å²) in [5, 5.41) is 3.17. The molecule has 0 unspecified atom stereocenters. The minimum absolute atomic E-state index is 0.0838. The third kappa shape index (κ3) is 6.89. The van der Waals surface area contributed by atoms with Gasteiger partial charge in [-0.1, -0.05) is 47.5 Å². The third-order valence-electron chi connectivity index (χ3n) is 5.42. The van der Waals surface area contributed by atoms with Crippen LogP contribution in [0, 0.1) is 6.92 Å². The van der Waals surface area contributed by atoms with Crippen molar-refractivity contribution in [3.05, 3.63) is 92.3 Å². The van der Waals surface area contributed by atoms with Crippen LogP contribution in [0.4, 0.5) is 10.5 Å². The van der Waals surface area contributed by atoms with Crippen molar-refractivity contribution in [3.8, 4) is 11.5 Å². The average molecular weight is 571 g/mol. The first kappa shape index (κ1) is 27.6. The molecule has 196 valence electrons. The van der Waals surface area contributed by atoms with Crippen molar-refractivity contribution >= 4 is 63.8 Å². The molecule has 3 aromatic carbocycles. The van der Waals surface area contributed by atoms with E-state index in [-0.39, 0.29) is 29.2 Å². The largest absolute Gasteiger partial charge is 0.490 e. The SMILES string of the molecule is CCOc1cc(/C=C2/SC(=O)N(Cc3ccc(Cl)c(Cl)c3)C2=O)ccc1OCC(=O)Nc1cccc(C)c1. The van der Waals surface area contributed by atoms with Crippen LogP contribution in [0.15, 0.2) is 65.6 Å². The maximum absolute atomic E-state index is 13.0. The maximum atomic E-state index is 13.0. The van der Waals surface area contributed by atoms with Gasteiger partial charge in [0.1, 0.15) is 0 Å². The summed E-state index contributed by atoms with van der Waals surface area (Å²) in [5.41, 5.74) is 3.05. The Morgan fingerprint density at radius 3 is 2.55 bits per heavy atom. The zero-order valence-electron chi connectivity index (χ0n) is 20.6. The van der Waals surface area contributed by atoms with Gasteiger partial charge in [-0.2, -0.15) is 0 Å². The lowest BCUT2D eigenvalue weighted by atomic mass is 10.1. The van der Waals surface area contributed by atoms with Crippen molar-refractivity contribution in [3.63, 3.8) is 0 Å². The third-order valence-corrected chi connectivity index (χ3v) is 7.07. The number of benzene rings is 3. The van der Waals surface area contributed by atoms with Crippen molar-refractivity contribution in [1.82, 2.24) is 4.90 Å². The second-order valence-electron chi connectivity index (χ2n) is 8.36. The Hall–Kier alpha value is -3.46. The van der Waals surface area contributed by atoms with Gasteiger partial charge in [0, 0.05) is 5.69 Å². The number of hydrogen-bond donors (Lipinski definition) is 1. The lowest BCUT2D eigenvalue weighted by molar-refractivity contribution is -0.123. The zero-order valence-corrected chi connectivity index (χ0v) is 23.0. The van der Waals surface area contributed by atoms with Gasteiger partial charge >= 0.3 is 0 Å². The minimum Gasteiger partial charge on any atom is -0.490 e. The molecule has 1 fully saturated rings. The monoisotopic (exact) mass is 570 g/mol. The molecule has 1 heterocycles. The van der Waals surface area contributed by atoms with Crippen LogP contribution in [0.25, 0.3) is 6.08 Å². The van der Waals surface area contributed by atoms with Crippen molar-refractivity contribution in [2.24, 2.45) is 0 Å². The van der Waals surface area contributed by atoms with Crippen LogP contribution >= 0.6 is 35.0 Å². The van der Waals surface area contributed by atoms with Gasteiger partial charge in [0.25, 0.3) is 17.1 Å². The summed E-state index contributed by atoms with van der Waals surface area (Å²) in [6.45, 7) is 4.02. The summed E-state index contributed by atoms with van der Waals surface area (Å²) in [6, 6.07) is 17.5. The number of ether oxygens (including phenoxy) is 2. The molecule has 0 aliphatic carbocycles. The van der Waals surface area contributed by atoms with Crippen molar-refractivity contribution in [2.75, 3.05) is 18.5 Å². The summed E-state index contributed by atoms with van der Waals surface area (Å²) in [5.74, 6) is 0.0886. The van der Waals surface area contributed by atoms with E-state index in [1.807, 2.05) is 32.0 Å². The highest BCUT2D eigenvalue weighted by atomic mass is 35.5. The first-order chi connectivity index (χ1) is 18.2. The fraction of sp³-hybridized carbons (Fsp3) is 0.179. The summed E-state index contributed by atoms with van der Waals surface area (Å²) >= 11 is 12.9. The minimum atomic E-state index is -0.405. The van der Waals surface area contributed by atoms with E-state index in [1.165, 1.54) is 0 Å². The molecule has 0 bridgehead atoms. The Kier molecular flexibility index (Phi) is 8.99. The summed E-state index contributed by atoms with van der Waals surface area (Å²) < 4.78 is 11.4. The van der Waals surface area contributed by atoms with Gasteiger partial charge in [-0.25, -0.2) is 0 Å². The zero-order chi connectivity index (χ0) is 27.2. The highest BCUT2D eigenvalue weighted by molar-refractivity contribution is 8.18. The average Bonchev–Trinajstić information content (AvgIpc) is 3.13. The summed E-state index contributed by atoms with van der Waals surface area (Å²) in [7, 11) is 0. The Bertz CT molecular complexity index is 1430. The lowest BCUT2D eigenvalue weighted by Gasteiger charge is -2.13. The van der Waals surface area contributed by atoms with Crippen LogP contribution in [0.1, 0.15) is 23.6 Å². The van der Waals surface area contributed by atoms with E-state index < -0.39 is 5.91 Å². The van der Waals surface area contributed by atoms with Crippen LogP contribution in [0.5, 0.6) is 11.5 Å². The molecule has 10 heteroatoms. The number of aryl methyl sites for hydroxylation is 1. The lowest BCUT2D eigenvalue weighted by Crippen LogP contribution is -2.27. The van der Waals surface area contributed by atoms with Gasteiger partial charge in [-0.05, 0) is 84.8 Å². The van der Waals surface area contributed by atoms with Gasteiger partial charge in [0.2, 0.25) is 0 Å². The number of carbonyl (C=O) groups is 3. The number of imide groups is 1. The smallest absolute Gasteiger partial charge is 0.293 e. The highest BCUT2D eigenvalue weighted by Crippen LogP contribution is 2.36. The van der Waals surface area contributed by atoms with Crippen LogP contribution in [-0.2, 0) is 16.1 Å². The normalized spacial score (nSPS) is 14.2. The molecule has 38 heavy (non-hydrogen) atoms. The molecule has 3 aromatic rings. The number of anilines is 1. The summed E-state index contributed by atoms with van der Waals surface area (Å²) in [4.78, 5) is 39.3. The molecule has 1 aliphatic heterocycles. The Labute approximate surface area is 234 Å². The first-order valence-corrected chi connectivity index (χ1v) is 13.3. The fourth-order valence-corrected chi connectivity index (χ4v) is 4.83. The molecule has 0 aromatic heterocycles. The Morgan fingerprint density at radius 1 is 1.00 bits per heavy atom. The number of thioether (sulfide) groups is 1. The van der Waals surface area contributed by atoms with E-state index in [0.29, 0.717) is 45.0 Å². The van der Waals surface area contributed by atoms with E-state index in [0.717, 1.165) is 22.2 Å². The molecule has 0 atom stereocenters. The van der Waals surface area contributed by atoms with Gasteiger partial charge < -0.3 is 14.8 Å². The topological polar surface area (TPSA) is 84.9 Å². The maximum Gasteiger partial charge on any atom is 0.293 e.